The smallest absolute Gasteiger partial charge is 0.141 e. The van der Waals surface area contributed by atoms with E-state index in [0.717, 1.165) is 29.1 Å². The van der Waals surface area contributed by atoms with Gasteiger partial charge in [-0.25, -0.2) is 4.98 Å². The minimum atomic E-state index is 0.479. The largest absolute Gasteiger partial charge is 0.496 e. The van der Waals surface area contributed by atoms with Crippen LogP contribution < -0.4 is 14.8 Å². The summed E-state index contributed by atoms with van der Waals surface area (Å²) in [5, 5.41) is 4.34. The summed E-state index contributed by atoms with van der Waals surface area (Å²) >= 11 is 6.40. The van der Waals surface area contributed by atoms with Crippen molar-refractivity contribution in [3.05, 3.63) is 77.6 Å². The summed E-state index contributed by atoms with van der Waals surface area (Å²) in [5.41, 5.74) is 5.05. The average Bonchev–Trinajstić information content (AvgIpc) is 3.41. The molecule has 2 saturated heterocycles. The molecule has 6 rings (SSSR count). The Kier molecular flexibility index (Phi) is 6.23. The topological polar surface area (TPSA) is 51.0 Å². The zero-order valence-electron chi connectivity index (χ0n) is 20.7. The molecule has 0 amide bonds. The molecule has 0 aliphatic carbocycles. The second-order valence-electron chi connectivity index (χ2n) is 9.85. The van der Waals surface area contributed by atoms with E-state index in [1.807, 2.05) is 16.7 Å². The number of nitrogens with one attached hydrogen (secondary N) is 1. The zero-order chi connectivity index (χ0) is 24.6. The van der Waals surface area contributed by atoms with Crippen molar-refractivity contribution in [3.63, 3.8) is 0 Å². The molecular weight excluding hydrogens is 472 g/mol. The van der Waals surface area contributed by atoms with Crippen LogP contribution in [-0.4, -0.2) is 46.6 Å². The number of methoxy groups -OCH3 is 2. The Hall–Kier alpha value is -3.22. The SMILES string of the molecule is COc1cc(OC)c(-c2cn3ccc(NC4C[C@H]5CC[C@@H](C4)N5Cc4ccccc4)cc3n2)cc1Cl. The monoisotopic (exact) mass is 502 g/mol. The lowest BCUT2D eigenvalue weighted by atomic mass is 9.96. The first-order valence-corrected chi connectivity index (χ1v) is 13.0. The van der Waals surface area contributed by atoms with Gasteiger partial charge in [-0.2, -0.15) is 0 Å². The van der Waals surface area contributed by atoms with Crippen molar-refractivity contribution in [3.8, 4) is 22.8 Å². The number of imidazole rings is 1. The first-order chi connectivity index (χ1) is 17.6. The Morgan fingerprint density at radius 3 is 2.44 bits per heavy atom. The normalized spacial score (nSPS) is 21.6. The number of halogens is 1. The molecule has 2 fully saturated rings. The van der Waals surface area contributed by atoms with Gasteiger partial charge >= 0.3 is 0 Å². The van der Waals surface area contributed by atoms with Gasteiger partial charge in [0.2, 0.25) is 0 Å². The molecule has 36 heavy (non-hydrogen) atoms. The summed E-state index contributed by atoms with van der Waals surface area (Å²) in [6.45, 7) is 1.06. The molecule has 7 heteroatoms. The van der Waals surface area contributed by atoms with Gasteiger partial charge < -0.3 is 19.2 Å². The van der Waals surface area contributed by atoms with Crippen LogP contribution in [-0.2, 0) is 6.54 Å². The van der Waals surface area contributed by atoms with Gasteiger partial charge in [-0.1, -0.05) is 41.9 Å². The number of hydrogen-bond acceptors (Lipinski definition) is 5. The Balaban J connectivity index is 1.18. The van der Waals surface area contributed by atoms with E-state index in [1.165, 1.54) is 31.2 Å². The van der Waals surface area contributed by atoms with Gasteiger partial charge in [-0.3, -0.25) is 4.90 Å². The summed E-state index contributed by atoms with van der Waals surface area (Å²) in [6, 6.07) is 20.5. The van der Waals surface area contributed by atoms with Crippen LogP contribution in [0.3, 0.4) is 0 Å². The van der Waals surface area contributed by atoms with Crippen LogP contribution in [0.2, 0.25) is 5.02 Å². The predicted octanol–water partition coefficient (Wildman–Crippen LogP) is 6.28. The molecule has 2 aliphatic rings. The average molecular weight is 503 g/mol. The van der Waals surface area contributed by atoms with Gasteiger partial charge in [-0.15, -0.1) is 0 Å². The number of benzene rings is 2. The highest BCUT2D eigenvalue weighted by atomic mass is 35.5. The lowest BCUT2D eigenvalue weighted by Crippen LogP contribution is -2.46. The van der Waals surface area contributed by atoms with Crippen molar-refractivity contribution in [2.75, 3.05) is 19.5 Å². The summed E-state index contributed by atoms with van der Waals surface area (Å²) in [5.74, 6) is 1.26. The minimum Gasteiger partial charge on any atom is -0.496 e. The molecule has 6 nitrogen and oxygen atoms in total. The Morgan fingerprint density at radius 2 is 1.72 bits per heavy atom. The van der Waals surface area contributed by atoms with E-state index >= 15 is 0 Å². The molecule has 3 atom stereocenters. The molecule has 4 aromatic rings. The Morgan fingerprint density at radius 1 is 0.972 bits per heavy atom. The van der Waals surface area contributed by atoms with Crippen molar-refractivity contribution < 1.29 is 9.47 Å². The number of rotatable bonds is 7. The van der Waals surface area contributed by atoms with Crippen LogP contribution in [0.25, 0.3) is 16.9 Å². The number of piperidine rings is 1. The van der Waals surface area contributed by atoms with E-state index in [1.54, 1.807) is 20.3 Å². The molecule has 0 saturated carbocycles. The van der Waals surface area contributed by atoms with Gasteiger partial charge in [-0.05, 0) is 43.4 Å². The summed E-state index contributed by atoms with van der Waals surface area (Å²) in [4.78, 5) is 7.61. The van der Waals surface area contributed by atoms with E-state index < -0.39 is 0 Å². The van der Waals surface area contributed by atoms with Crippen LogP contribution in [0.4, 0.5) is 5.69 Å². The quantitative estimate of drug-likeness (QED) is 0.322. The number of pyridine rings is 1. The fourth-order valence-electron chi connectivity index (χ4n) is 5.94. The zero-order valence-corrected chi connectivity index (χ0v) is 21.4. The van der Waals surface area contributed by atoms with Crippen molar-refractivity contribution in [2.24, 2.45) is 0 Å². The second kappa shape index (κ2) is 9.68. The van der Waals surface area contributed by atoms with Gasteiger partial charge in [0.15, 0.2) is 0 Å². The predicted molar refractivity (Wildman–Crippen MR) is 144 cm³/mol. The molecule has 1 unspecified atom stereocenters. The van der Waals surface area contributed by atoms with Gasteiger partial charge in [0, 0.05) is 60.4 Å². The Bertz CT molecular complexity index is 1360. The minimum absolute atomic E-state index is 0.479. The van der Waals surface area contributed by atoms with Crippen molar-refractivity contribution in [1.82, 2.24) is 14.3 Å². The van der Waals surface area contributed by atoms with E-state index in [2.05, 4.69) is 58.9 Å². The highest BCUT2D eigenvalue weighted by molar-refractivity contribution is 6.32. The fourth-order valence-corrected chi connectivity index (χ4v) is 6.18. The van der Waals surface area contributed by atoms with Gasteiger partial charge in [0.05, 0.1) is 24.9 Å². The van der Waals surface area contributed by atoms with E-state index in [4.69, 9.17) is 26.1 Å². The molecule has 2 bridgehead atoms. The molecule has 0 spiro atoms. The number of anilines is 1. The number of aromatic nitrogens is 2. The van der Waals surface area contributed by atoms with Crippen LogP contribution in [0.15, 0.2) is 67.0 Å². The van der Waals surface area contributed by atoms with Crippen LogP contribution >= 0.6 is 11.6 Å². The third kappa shape index (κ3) is 4.40. The number of ether oxygens (including phenoxy) is 2. The second-order valence-corrected chi connectivity index (χ2v) is 10.3. The van der Waals surface area contributed by atoms with Gasteiger partial charge in [0.1, 0.15) is 17.1 Å². The summed E-state index contributed by atoms with van der Waals surface area (Å²) in [7, 11) is 3.24. The molecule has 186 valence electrons. The molecular formula is C29H31ClN4O2. The third-order valence-corrected chi connectivity index (χ3v) is 7.97. The third-order valence-electron chi connectivity index (χ3n) is 7.67. The number of fused-ring (bicyclic) bond motifs is 3. The van der Waals surface area contributed by atoms with Crippen LogP contribution in [0.1, 0.15) is 31.2 Å². The van der Waals surface area contributed by atoms with Crippen molar-refractivity contribution in [2.45, 2.75) is 50.4 Å². The lowest BCUT2D eigenvalue weighted by molar-refractivity contribution is 0.124. The number of nitrogens with zero attached hydrogens (tertiary/aromatic N) is 3. The molecule has 0 radical (unpaired) electrons. The highest BCUT2D eigenvalue weighted by Gasteiger charge is 2.40. The van der Waals surface area contributed by atoms with Crippen molar-refractivity contribution in [1.29, 1.82) is 0 Å². The number of hydrogen-bond donors (Lipinski definition) is 1. The standard InChI is InChI=1S/C29H31ClN4O2/c1-35-27-16-28(36-2)25(30)15-24(27)26-18-33-11-10-20(14-29(33)32-26)31-21-12-22-8-9-23(13-21)34(22)17-19-6-4-3-5-7-19/h3-7,10-11,14-16,18,21-23,31H,8-9,12-13,17H2,1-2H3/t21?,22-,23+. The van der Waals surface area contributed by atoms with E-state index in [-0.39, 0.29) is 0 Å². The Labute approximate surface area is 216 Å². The van der Waals surface area contributed by atoms with E-state index in [9.17, 15) is 0 Å². The highest BCUT2D eigenvalue weighted by Crippen LogP contribution is 2.39. The molecule has 2 aliphatic heterocycles. The molecule has 4 heterocycles. The maximum atomic E-state index is 6.40. The van der Waals surface area contributed by atoms with Crippen molar-refractivity contribution >= 4 is 22.9 Å². The fraction of sp³-hybridized carbons (Fsp3) is 0.345. The lowest BCUT2D eigenvalue weighted by Gasteiger charge is -2.39. The summed E-state index contributed by atoms with van der Waals surface area (Å²) < 4.78 is 12.9. The molecule has 2 aromatic heterocycles. The van der Waals surface area contributed by atoms with Crippen LogP contribution in [0, 0.1) is 0 Å². The first-order valence-electron chi connectivity index (χ1n) is 12.6. The van der Waals surface area contributed by atoms with Gasteiger partial charge in [0.25, 0.3) is 0 Å². The maximum Gasteiger partial charge on any atom is 0.141 e. The molecule has 1 N–H and O–H groups in total. The van der Waals surface area contributed by atoms with Crippen LogP contribution in [0.5, 0.6) is 11.5 Å². The molecule has 2 aromatic carbocycles. The summed E-state index contributed by atoms with van der Waals surface area (Å²) in [6.07, 6.45) is 9.01. The first kappa shape index (κ1) is 23.2. The maximum absolute atomic E-state index is 6.40. The van der Waals surface area contributed by atoms with E-state index in [0.29, 0.717) is 34.6 Å².